The van der Waals surface area contributed by atoms with Crippen LogP contribution in [0.25, 0.3) is 0 Å². The number of piperazine rings is 1. The molecule has 1 aliphatic rings. The molecule has 1 atom stereocenters. The second-order valence-electron chi connectivity index (χ2n) is 5.58. The standard InChI is InChI=1S/C16H22N4O/c1-19-7-8-20(10-14-9-17-12-18-14)11-16(19)13-3-5-15(21-2)6-4-13/h3-6,9,12,16H,7-8,10-11H2,1-2H3,(H,17,18)/t16-/m0/s1. The quantitative estimate of drug-likeness (QED) is 0.932. The molecule has 2 aromatic rings. The fourth-order valence-corrected chi connectivity index (χ4v) is 2.87. The summed E-state index contributed by atoms with van der Waals surface area (Å²) < 4.78 is 5.24. The number of hydrogen-bond donors (Lipinski definition) is 1. The number of nitrogens with zero attached hydrogens (tertiary/aromatic N) is 3. The van der Waals surface area contributed by atoms with Crippen LogP contribution in [0.1, 0.15) is 17.3 Å². The molecule has 1 aliphatic heterocycles. The summed E-state index contributed by atoms with van der Waals surface area (Å²) in [5.41, 5.74) is 2.51. The Bertz CT molecular complexity index is 552. The number of methoxy groups -OCH3 is 1. The van der Waals surface area contributed by atoms with E-state index in [1.165, 1.54) is 11.3 Å². The smallest absolute Gasteiger partial charge is 0.118 e. The van der Waals surface area contributed by atoms with Crippen molar-refractivity contribution in [3.05, 3.63) is 48.0 Å². The Morgan fingerprint density at radius 2 is 2.10 bits per heavy atom. The number of aromatic amines is 1. The topological polar surface area (TPSA) is 44.4 Å². The van der Waals surface area contributed by atoms with E-state index in [0.717, 1.165) is 31.9 Å². The van der Waals surface area contributed by atoms with E-state index in [2.05, 4.69) is 38.9 Å². The largest absolute Gasteiger partial charge is 0.497 e. The Morgan fingerprint density at radius 3 is 2.76 bits per heavy atom. The Hall–Kier alpha value is -1.85. The average molecular weight is 286 g/mol. The first-order chi connectivity index (χ1) is 10.3. The lowest BCUT2D eigenvalue weighted by Gasteiger charge is -2.39. The molecule has 1 saturated heterocycles. The van der Waals surface area contributed by atoms with Gasteiger partial charge in [-0.3, -0.25) is 9.80 Å². The van der Waals surface area contributed by atoms with Gasteiger partial charge >= 0.3 is 0 Å². The van der Waals surface area contributed by atoms with E-state index in [-0.39, 0.29) is 0 Å². The predicted octanol–water partition coefficient (Wildman–Crippen LogP) is 1.91. The molecule has 1 fully saturated rings. The number of benzene rings is 1. The van der Waals surface area contributed by atoms with E-state index in [1.807, 2.05) is 18.3 Å². The third-order valence-corrected chi connectivity index (χ3v) is 4.18. The molecule has 0 amide bonds. The van der Waals surface area contributed by atoms with Crippen LogP contribution in [0.15, 0.2) is 36.8 Å². The van der Waals surface area contributed by atoms with Gasteiger partial charge in [-0.05, 0) is 24.7 Å². The van der Waals surface area contributed by atoms with Crippen LogP contribution in [0.5, 0.6) is 5.75 Å². The molecule has 0 bridgehead atoms. The lowest BCUT2D eigenvalue weighted by atomic mass is 10.0. The van der Waals surface area contributed by atoms with Crippen LogP contribution in [-0.4, -0.2) is 53.6 Å². The number of H-pyrrole nitrogens is 1. The van der Waals surface area contributed by atoms with Crippen molar-refractivity contribution < 1.29 is 4.74 Å². The van der Waals surface area contributed by atoms with Gasteiger partial charge in [0, 0.05) is 44.1 Å². The van der Waals surface area contributed by atoms with Gasteiger partial charge in [-0.15, -0.1) is 0 Å². The van der Waals surface area contributed by atoms with Gasteiger partial charge in [0.2, 0.25) is 0 Å². The van der Waals surface area contributed by atoms with Gasteiger partial charge in [0.25, 0.3) is 0 Å². The van der Waals surface area contributed by atoms with Gasteiger partial charge in [0.1, 0.15) is 5.75 Å². The SMILES string of the molecule is COc1ccc([C@@H]2CN(Cc3cnc[nH]3)CCN2C)cc1. The minimum absolute atomic E-state index is 0.424. The van der Waals surface area contributed by atoms with Crippen molar-refractivity contribution in [2.45, 2.75) is 12.6 Å². The summed E-state index contributed by atoms with van der Waals surface area (Å²) in [5.74, 6) is 0.909. The normalized spacial score (nSPS) is 20.6. The van der Waals surface area contributed by atoms with Crippen LogP contribution in [0.3, 0.4) is 0 Å². The fourth-order valence-electron chi connectivity index (χ4n) is 2.87. The van der Waals surface area contributed by atoms with E-state index < -0.39 is 0 Å². The zero-order chi connectivity index (χ0) is 14.7. The first-order valence-electron chi connectivity index (χ1n) is 7.30. The van der Waals surface area contributed by atoms with Crippen LogP contribution >= 0.6 is 0 Å². The van der Waals surface area contributed by atoms with Crippen molar-refractivity contribution in [3.8, 4) is 5.75 Å². The maximum Gasteiger partial charge on any atom is 0.118 e. The van der Waals surface area contributed by atoms with Gasteiger partial charge < -0.3 is 9.72 Å². The van der Waals surface area contributed by atoms with Gasteiger partial charge in [0.05, 0.1) is 13.4 Å². The Labute approximate surface area is 125 Å². The number of aromatic nitrogens is 2. The molecule has 21 heavy (non-hydrogen) atoms. The average Bonchev–Trinajstić information content (AvgIpc) is 3.02. The highest BCUT2D eigenvalue weighted by atomic mass is 16.5. The van der Waals surface area contributed by atoms with Crippen molar-refractivity contribution in [2.24, 2.45) is 0 Å². The van der Waals surface area contributed by atoms with Crippen molar-refractivity contribution in [3.63, 3.8) is 0 Å². The summed E-state index contributed by atoms with van der Waals surface area (Å²) in [5, 5.41) is 0. The lowest BCUT2D eigenvalue weighted by Crippen LogP contribution is -2.46. The number of ether oxygens (including phenoxy) is 1. The van der Waals surface area contributed by atoms with E-state index in [4.69, 9.17) is 4.74 Å². The molecule has 0 saturated carbocycles. The highest BCUT2D eigenvalue weighted by molar-refractivity contribution is 5.29. The van der Waals surface area contributed by atoms with Gasteiger partial charge in [-0.25, -0.2) is 4.98 Å². The monoisotopic (exact) mass is 286 g/mol. The Kier molecular flexibility index (Phi) is 4.22. The van der Waals surface area contributed by atoms with E-state index in [1.54, 1.807) is 13.4 Å². The lowest BCUT2D eigenvalue weighted by molar-refractivity contribution is 0.0897. The zero-order valence-corrected chi connectivity index (χ0v) is 12.6. The van der Waals surface area contributed by atoms with E-state index in [9.17, 15) is 0 Å². The summed E-state index contributed by atoms with van der Waals surface area (Å²) in [4.78, 5) is 12.2. The summed E-state index contributed by atoms with van der Waals surface area (Å²) >= 11 is 0. The van der Waals surface area contributed by atoms with Crippen LogP contribution in [0, 0.1) is 0 Å². The highest BCUT2D eigenvalue weighted by Crippen LogP contribution is 2.26. The molecular weight excluding hydrogens is 264 g/mol. The first kappa shape index (κ1) is 14.1. The van der Waals surface area contributed by atoms with Gasteiger partial charge in [0.15, 0.2) is 0 Å². The van der Waals surface area contributed by atoms with Crippen LogP contribution in [-0.2, 0) is 6.54 Å². The molecule has 1 aromatic carbocycles. The van der Waals surface area contributed by atoms with Crippen molar-refractivity contribution >= 4 is 0 Å². The minimum Gasteiger partial charge on any atom is -0.497 e. The number of likely N-dealkylation sites (N-methyl/N-ethyl adjacent to an activating group) is 1. The van der Waals surface area contributed by atoms with Crippen LogP contribution in [0.4, 0.5) is 0 Å². The number of imidazole rings is 1. The van der Waals surface area contributed by atoms with Crippen molar-refractivity contribution in [1.29, 1.82) is 0 Å². The number of hydrogen-bond acceptors (Lipinski definition) is 4. The fraction of sp³-hybridized carbons (Fsp3) is 0.438. The molecular formula is C16H22N4O. The molecule has 2 heterocycles. The van der Waals surface area contributed by atoms with E-state index in [0.29, 0.717) is 6.04 Å². The molecule has 5 heteroatoms. The zero-order valence-electron chi connectivity index (χ0n) is 12.6. The van der Waals surface area contributed by atoms with Gasteiger partial charge in [-0.1, -0.05) is 12.1 Å². The second-order valence-corrected chi connectivity index (χ2v) is 5.58. The Morgan fingerprint density at radius 1 is 1.29 bits per heavy atom. The van der Waals surface area contributed by atoms with Crippen LogP contribution < -0.4 is 4.74 Å². The molecule has 0 aliphatic carbocycles. The number of rotatable bonds is 4. The maximum absolute atomic E-state index is 5.24. The number of nitrogens with one attached hydrogen (secondary N) is 1. The molecule has 1 N–H and O–H groups in total. The summed E-state index contributed by atoms with van der Waals surface area (Å²) in [6.07, 6.45) is 3.65. The second kappa shape index (κ2) is 6.28. The van der Waals surface area contributed by atoms with Crippen LogP contribution in [0.2, 0.25) is 0 Å². The van der Waals surface area contributed by atoms with E-state index >= 15 is 0 Å². The molecule has 0 unspecified atom stereocenters. The van der Waals surface area contributed by atoms with Crippen molar-refractivity contribution in [2.75, 3.05) is 33.8 Å². The summed E-state index contributed by atoms with van der Waals surface area (Å²) in [7, 11) is 3.90. The third-order valence-electron chi connectivity index (χ3n) is 4.18. The summed E-state index contributed by atoms with van der Waals surface area (Å²) in [6.45, 7) is 4.12. The van der Waals surface area contributed by atoms with Gasteiger partial charge in [-0.2, -0.15) is 0 Å². The molecule has 1 aromatic heterocycles. The predicted molar refractivity (Wildman–Crippen MR) is 82.2 cm³/mol. The Balaban J connectivity index is 1.70. The third kappa shape index (κ3) is 3.25. The maximum atomic E-state index is 5.24. The molecule has 3 rings (SSSR count). The molecule has 112 valence electrons. The summed E-state index contributed by atoms with van der Waals surface area (Å²) in [6, 6.07) is 8.83. The molecule has 0 radical (unpaired) electrons. The van der Waals surface area contributed by atoms with Crippen molar-refractivity contribution in [1.82, 2.24) is 19.8 Å². The first-order valence-corrected chi connectivity index (χ1v) is 7.30. The molecule has 5 nitrogen and oxygen atoms in total. The highest BCUT2D eigenvalue weighted by Gasteiger charge is 2.25. The molecule has 0 spiro atoms. The minimum atomic E-state index is 0.424.